The highest BCUT2D eigenvalue weighted by Crippen LogP contribution is 2.28. The zero-order chi connectivity index (χ0) is 12.5. The molecule has 0 bridgehead atoms. The van der Waals surface area contributed by atoms with Crippen LogP contribution in [0.2, 0.25) is 0 Å². The topological polar surface area (TPSA) is 38.9 Å². The van der Waals surface area contributed by atoms with Crippen LogP contribution in [0.3, 0.4) is 0 Å². The van der Waals surface area contributed by atoms with E-state index in [0.29, 0.717) is 12.8 Å². The summed E-state index contributed by atoms with van der Waals surface area (Å²) < 4.78 is 45.5. The molecule has 0 unspecified atom stereocenters. The fraction of sp³-hybridized carbons (Fsp3) is 0.400. The largest absolute Gasteiger partial charge is 0.436 e. The highest BCUT2D eigenvalue weighted by molar-refractivity contribution is 7.05. The first-order valence-corrected chi connectivity index (χ1v) is 5.67. The Morgan fingerprint density at radius 3 is 2.59 bits per heavy atom. The van der Waals surface area contributed by atoms with Crippen molar-refractivity contribution in [2.75, 3.05) is 0 Å². The summed E-state index contributed by atoms with van der Waals surface area (Å²) in [5.41, 5.74) is -0.126. The summed E-state index contributed by atoms with van der Waals surface area (Å²) in [6.45, 7) is 1.93. The number of nitrogens with zero attached hydrogens (tertiary/aromatic N) is 2. The summed E-state index contributed by atoms with van der Waals surface area (Å²) >= 11 is 1.37. The van der Waals surface area contributed by atoms with Crippen LogP contribution >= 0.6 is 11.5 Å². The van der Waals surface area contributed by atoms with Gasteiger partial charge in [-0.1, -0.05) is 5.16 Å². The fourth-order valence-corrected chi connectivity index (χ4v) is 1.95. The van der Waals surface area contributed by atoms with Gasteiger partial charge in [-0.25, -0.2) is 0 Å². The first-order chi connectivity index (χ1) is 7.95. The van der Waals surface area contributed by atoms with Gasteiger partial charge in [-0.3, -0.25) is 0 Å². The van der Waals surface area contributed by atoms with Crippen molar-refractivity contribution in [2.24, 2.45) is 0 Å². The highest BCUT2D eigenvalue weighted by Gasteiger charge is 2.34. The van der Waals surface area contributed by atoms with Gasteiger partial charge in [-0.05, 0) is 30.9 Å². The predicted molar refractivity (Wildman–Crippen MR) is 55.8 cm³/mol. The third kappa shape index (κ3) is 3.06. The first-order valence-electron chi connectivity index (χ1n) is 4.90. The van der Waals surface area contributed by atoms with Gasteiger partial charge in [0.2, 0.25) is 0 Å². The SMILES string of the molecule is Cc1cc(CCc2cc(C(F)(F)F)no2)ns1. The van der Waals surface area contributed by atoms with Crippen molar-refractivity contribution in [3.63, 3.8) is 0 Å². The van der Waals surface area contributed by atoms with Gasteiger partial charge in [-0.15, -0.1) is 0 Å². The Labute approximate surface area is 99.4 Å². The third-order valence-electron chi connectivity index (χ3n) is 2.15. The molecule has 0 aliphatic carbocycles. The van der Waals surface area contributed by atoms with Gasteiger partial charge >= 0.3 is 6.18 Å². The summed E-state index contributed by atoms with van der Waals surface area (Å²) in [5.74, 6) is 0.225. The molecule has 0 saturated heterocycles. The Kier molecular flexibility index (Phi) is 3.19. The van der Waals surface area contributed by atoms with Crippen molar-refractivity contribution in [2.45, 2.75) is 25.9 Å². The maximum Gasteiger partial charge on any atom is 0.436 e. The van der Waals surface area contributed by atoms with E-state index in [1.165, 1.54) is 11.5 Å². The molecule has 0 aromatic carbocycles. The molecule has 0 aliphatic heterocycles. The van der Waals surface area contributed by atoms with Crippen LogP contribution in [0.1, 0.15) is 22.0 Å². The molecule has 2 aromatic heterocycles. The second kappa shape index (κ2) is 4.48. The van der Waals surface area contributed by atoms with Crippen LogP contribution in [-0.2, 0) is 19.0 Å². The Morgan fingerprint density at radius 1 is 1.29 bits per heavy atom. The van der Waals surface area contributed by atoms with Crippen molar-refractivity contribution < 1.29 is 17.7 Å². The van der Waals surface area contributed by atoms with Crippen LogP contribution in [0.15, 0.2) is 16.7 Å². The number of rotatable bonds is 3. The molecule has 0 radical (unpaired) electrons. The van der Waals surface area contributed by atoms with Crippen LogP contribution < -0.4 is 0 Å². The second-order valence-corrected chi connectivity index (χ2v) is 4.61. The maximum atomic E-state index is 12.2. The molecule has 0 atom stereocenters. The van der Waals surface area contributed by atoms with Crippen molar-refractivity contribution in [1.29, 1.82) is 0 Å². The molecule has 7 heteroatoms. The first kappa shape index (κ1) is 12.1. The maximum absolute atomic E-state index is 12.2. The normalized spacial score (nSPS) is 12.0. The number of hydrogen-bond donors (Lipinski definition) is 0. The van der Waals surface area contributed by atoms with Crippen LogP contribution in [0.25, 0.3) is 0 Å². The lowest BCUT2D eigenvalue weighted by molar-refractivity contribution is -0.142. The number of aromatic nitrogens is 2. The number of alkyl halides is 3. The molecule has 3 nitrogen and oxygen atoms in total. The van der Waals surface area contributed by atoms with E-state index in [1.807, 2.05) is 13.0 Å². The monoisotopic (exact) mass is 262 g/mol. The lowest BCUT2D eigenvalue weighted by Gasteiger charge is -1.97. The van der Waals surface area contributed by atoms with E-state index in [1.54, 1.807) is 0 Å². The predicted octanol–water partition coefficient (Wildman–Crippen LogP) is 3.24. The van der Waals surface area contributed by atoms with Crippen LogP contribution in [0, 0.1) is 6.92 Å². The van der Waals surface area contributed by atoms with Gasteiger partial charge in [0.15, 0.2) is 5.69 Å². The number of aryl methyl sites for hydroxylation is 3. The molecule has 2 aromatic rings. The van der Waals surface area contributed by atoms with Gasteiger partial charge < -0.3 is 4.52 Å². The average Bonchev–Trinajstić information content (AvgIpc) is 2.82. The van der Waals surface area contributed by atoms with E-state index in [4.69, 9.17) is 0 Å². The second-order valence-electron chi connectivity index (χ2n) is 3.61. The Bertz CT molecular complexity index is 504. The van der Waals surface area contributed by atoms with Crippen molar-refractivity contribution in [3.8, 4) is 0 Å². The summed E-state index contributed by atoms with van der Waals surface area (Å²) in [7, 11) is 0. The molecule has 0 amide bonds. The fourth-order valence-electron chi connectivity index (χ4n) is 1.35. The summed E-state index contributed by atoms with van der Waals surface area (Å²) in [5, 5.41) is 2.99. The summed E-state index contributed by atoms with van der Waals surface area (Å²) in [6, 6.07) is 2.84. The molecule has 0 spiro atoms. The lowest BCUT2D eigenvalue weighted by Crippen LogP contribution is -2.04. The van der Waals surface area contributed by atoms with Crippen molar-refractivity contribution in [3.05, 3.63) is 34.2 Å². The van der Waals surface area contributed by atoms with E-state index >= 15 is 0 Å². The Morgan fingerprint density at radius 2 is 2.06 bits per heavy atom. The molecule has 2 heterocycles. The van der Waals surface area contributed by atoms with E-state index in [9.17, 15) is 13.2 Å². The van der Waals surface area contributed by atoms with E-state index in [0.717, 1.165) is 16.6 Å². The quantitative estimate of drug-likeness (QED) is 0.852. The number of hydrogen-bond acceptors (Lipinski definition) is 4. The molecule has 2 rings (SSSR count). The van der Waals surface area contributed by atoms with Crippen molar-refractivity contribution >= 4 is 11.5 Å². The van der Waals surface area contributed by atoms with E-state index in [2.05, 4.69) is 14.1 Å². The van der Waals surface area contributed by atoms with E-state index < -0.39 is 11.9 Å². The van der Waals surface area contributed by atoms with Crippen molar-refractivity contribution in [1.82, 2.24) is 9.53 Å². The smallest absolute Gasteiger partial charge is 0.361 e. The van der Waals surface area contributed by atoms with Crippen LogP contribution in [0.5, 0.6) is 0 Å². The van der Waals surface area contributed by atoms with Gasteiger partial charge in [0, 0.05) is 17.4 Å². The van der Waals surface area contributed by atoms with E-state index in [-0.39, 0.29) is 5.76 Å². The number of halogens is 3. The molecule has 0 fully saturated rings. The van der Waals surface area contributed by atoms with Gasteiger partial charge in [0.1, 0.15) is 5.76 Å². The zero-order valence-corrected chi connectivity index (χ0v) is 9.73. The van der Waals surface area contributed by atoms with Crippen LogP contribution in [0.4, 0.5) is 13.2 Å². The summed E-state index contributed by atoms with van der Waals surface area (Å²) in [6.07, 6.45) is -3.53. The minimum Gasteiger partial charge on any atom is -0.361 e. The molecule has 0 saturated carbocycles. The minimum atomic E-state index is -4.45. The molecule has 0 aliphatic rings. The minimum absolute atomic E-state index is 0.225. The van der Waals surface area contributed by atoms with Gasteiger partial charge in [0.25, 0.3) is 0 Å². The average molecular weight is 262 g/mol. The lowest BCUT2D eigenvalue weighted by atomic mass is 10.2. The molecular formula is C10H9F3N2OS. The van der Waals surface area contributed by atoms with Crippen LogP contribution in [-0.4, -0.2) is 9.53 Å². The molecule has 0 N–H and O–H groups in total. The standard InChI is InChI=1S/C10H9F3N2OS/c1-6-4-7(15-17-6)2-3-8-5-9(14-16-8)10(11,12)13/h4-5H,2-3H2,1H3. The Hall–Kier alpha value is -1.37. The third-order valence-corrected chi connectivity index (χ3v) is 2.89. The highest BCUT2D eigenvalue weighted by atomic mass is 32.1. The molecular weight excluding hydrogens is 253 g/mol. The van der Waals surface area contributed by atoms with Gasteiger partial charge in [0.05, 0.1) is 5.69 Å². The summed E-state index contributed by atoms with van der Waals surface area (Å²) in [4.78, 5) is 1.08. The molecule has 92 valence electrons. The Balaban J connectivity index is 1.98. The van der Waals surface area contributed by atoms with Gasteiger partial charge in [-0.2, -0.15) is 17.5 Å². The molecule has 17 heavy (non-hydrogen) atoms. The zero-order valence-electron chi connectivity index (χ0n) is 8.91.